The summed E-state index contributed by atoms with van der Waals surface area (Å²) in [5, 5.41) is 5.76. The highest BCUT2D eigenvalue weighted by molar-refractivity contribution is 6.03. The Morgan fingerprint density at radius 3 is 2.29 bits per heavy atom. The molecule has 0 bridgehead atoms. The van der Waals surface area contributed by atoms with Gasteiger partial charge >= 0.3 is 0 Å². The molecule has 1 aromatic carbocycles. The number of unbranched alkanes of at least 4 members (excludes halogenated alkanes) is 3. The van der Waals surface area contributed by atoms with Crippen LogP contribution in [-0.2, 0) is 4.79 Å². The molecule has 0 aliphatic carbocycles. The SMILES string of the molecule is CC(C)(C)NC(=O)c1ccccc1NC(=O)CCCCCCN.Cl. The number of nitrogens with one attached hydrogen (secondary N) is 2. The summed E-state index contributed by atoms with van der Waals surface area (Å²) in [6, 6.07) is 7.08. The lowest BCUT2D eigenvalue weighted by molar-refractivity contribution is -0.116. The van der Waals surface area contributed by atoms with Gasteiger partial charge in [-0.2, -0.15) is 0 Å². The molecule has 0 fully saturated rings. The summed E-state index contributed by atoms with van der Waals surface area (Å²) in [5.41, 5.74) is 6.16. The van der Waals surface area contributed by atoms with Gasteiger partial charge in [-0.05, 0) is 52.3 Å². The maximum atomic E-state index is 12.3. The smallest absolute Gasteiger partial charge is 0.253 e. The normalized spacial score (nSPS) is 10.7. The summed E-state index contributed by atoms with van der Waals surface area (Å²) in [6.07, 6.45) is 4.34. The third-order valence-corrected chi connectivity index (χ3v) is 3.29. The third kappa shape index (κ3) is 8.89. The van der Waals surface area contributed by atoms with Gasteiger partial charge in [0.05, 0.1) is 11.3 Å². The van der Waals surface area contributed by atoms with Gasteiger partial charge < -0.3 is 16.4 Å². The Kier molecular flexibility index (Phi) is 10.3. The molecule has 6 heteroatoms. The van der Waals surface area contributed by atoms with Crippen molar-refractivity contribution >= 4 is 29.9 Å². The first-order valence-electron chi connectivity index (χ1n) is 8.25. The summed E-state index contributed by atoms with van der Waals surface area (Å²) in [4.78, 5) is 24.4. The Labute approximate surface area is 151 Å². The van der Waals surface area contributed by atoms with E-state index in [0.29, 0.717) is 24.2 Å². The number of rotatable bonds is 8. The Morgan fingerprint density at radius 2 is 1.67 bits per heavy atom. The van der Waals surface area contributed by atoms with Crippen LogP contribution in [-0.4, -0.2) is 23.9 Å². The quantitative estimate of drug-likeness (QED) is 0.624. The number of amides is 2. The molecule has 1 rings (SSSR count). The third-order valence-electron chi connectivity index (χ3n) is 3.29. The fourth-order valence-corrected chi connectivity index (χ4v) is 2.19. The Balaban J connectivity index is 0.00000529. The zero-order valence-corrected chi connectivity index (χ0v) is 15.7. The first kappa shape index (κ1) is 22.4. The molecule has 5 nitrogen and oxygen atoms in total. The van der Waals surface area contributed by atoms with Gasteiger partial charge in [-0.25, -0.2) is 0 Å². The second-order valence-electron chi connectivity index (χ2n) is 6.75. The van der Waals surface area contributed by atoms with E-state index >= 15 is 0 Å². The van der Waals surface area contributed by atoms with Crippen molar-refractivity contribution in [1.29, 1.82) is 0 Å². The van der Waals surface area contributed by atoms with Crippen molar-refractivity contribution < 1.29 is 9.59 Å². The summed E-state index contributed by atoms with van der Waals surface area (Å²) in [7, 11) is 0. The molecule has 0 aromatic heterocycles. The fourth-order valence-electron chi connectivity index (χ4n) is 2.19. The van der Waals surface area contributed by atoms with Crippen molar-refractivity contribution in [3.63, 3.8) is 0 Å². The maximum Gasteiger partial charge on any atom is 0.253 e. The number of hydrogen-bond acceptors (Lipinski definition) is 3. The maximum absolute atomic E-state index is 12.3. The topological polar surface area (TPSA) is 84.2 Å². The minimum absolute atomic E-state index is 0. The van der Waals surface area contributed by atoms with Crippen LogP contribution in [0.1, 0.15) is 63.2 Å². The molecule has 0 spiro atoms. The van der Waals surface area contributed by atoms with Crippen molar-refractivity contribution in [2.45, 2.75) is 58.4 Å². The largest absolute Gasteiger partial charge is 0.347 e. The molecule has 0 aliphatic rings. The fraction of sp³-hybridized carbons (Fsp3) is 0.556. The van der Waals surface area contributed by atoms with Crippen molar-refractivity contribution in [1.82, 2.24) is 5.32 Å². The molecule has 1 aromatic rings. The van der Waals surface area contributed by atoms with Gasteiger partial charge in [0.2, 0.25) is 5.91 Å². The van der Waals surface area contributed by atoms with E-state index in [0.717, 1.165) is 25.7 Å². The van der Waals surface area contributed by atoms with Gasteiger partial charge in [0.25, 0.3) is 5.91 Å². The van der Waals surface area contributed by atoms with Crippen molar-refractivity contribution in [2.24, 2.45) is 5.73 Å². The first-order valence-corrected chi connectivity index (χ1v) is 8.25. The lowest BCUT2D eigenvalue weighted by atomic mass is 10.1. The number of benzene rings is 1. The summed E-state index contributed by atoms with van der Waals surface area (Å²) >= 11 is 0. The van der Waals surface area contributed by atoms with Crippen LogP contribution < -0.4 is 16.4 Å². The van der Waals surface area contributed by atoms with Crippen LogP contribution in [0, 0.1) is 0 Å². The van der Waals surface area contributed by atoms with E-state index in [1.54, 1.807) is 18.2 Å². The minimum Gasteiger partial charge on any atom is -0.347 e. The predicted molar refractivity (Wildman–Crippen MR) is 102 cm³/mol. The number of hydrogen-bond donors (Lipinski definition) is 3. The van der Waals surface area contributed by atoms with Crippen molar-refractivity contribution in [2.75, 3.05) is 11.9 Å². The van der Waals surface area contributed by atoms with Crippen LogP contribution in [0.3, 0.4) is 0 Å². The summed E-state index contributed by atoms with van der Waals surface area (Å²) in [5.74, 6) is -0.245. The second kappa shape index (κ2) is 11.0. The minimum atomic E-state index is -0.322. The highest BCUT2D eigenvalue weighted by Gasteiger charge is 2.18. The monoisotopic (exact) mass is 355 g/mol. The number of para-hydroxylation sites is 1. The molecule has 0 unspecified atom stereocenters. The number of carbonyl (C=O) groups excluding carboxylic acids is 2. The Hall–Kier alpha value is -1.59. The van der Waals surface area contributed by atoms with Crippen LogP contribution in [0.2, 0.25) is 0 Å². The number of nitrogens with two attached hydrogens (primary N) is 1. The predicted octanol–water partition coefficient (Wildman–Crippen LogP) is 3.48. The van der Waals surface area contributed by atoms with Gasteiger partial charge in [-0.1, -0.05) is 25.0 Å². The average Bonchev–Trinajstić information content (AvgIpc) is 2.45. The van der Waals surface area contributed by atoms with E-state index in [2.05, 4.69) is 10.6 Å². The van der Waals surface area contributed by atoms with Gasteiger partial charge in [-0.15, -0.1) is 12.4 Å². The Bertz CT molecular complexity index is 527. The van der Waals surface area contributed by atoms with E-state index in [1.165, 1.54) is 0 Å². The lowest BCUT2D eigenvalue weighted by Crippen LogP contribution is -2.40. The average molecular weight is 356 g/mol. The van der Waals surface area contributed by atoms with E-state index in [-0.39, 0.29) is 29.8 Å². The molecule has 0 aliphatic heterocycles. The molecule has 0 atom stereocenters. The molecular weight excluding hydrogens is 326 g/mol. The zero-order chi connectivity index (χ0) is 17.3. The standard InChI is InChI=1S/C18H29N3O2.ClH/c1-18(2,3)21-17(23)14-10-7-8-11-15(14)20-16(22)12-6-4-5-9-13-19;/h7-8,10-11H,4-6,9,12-13,19H2,1-3H3,(H,20,22)(H,21,23);1H. The lowest BCUT2D eigenvalue weighted by Gasteiger charge is -2.21. The molecule has 0 radical (unpaired) electrons. The molecule has 0 saturated heterocycles. The van der Waals surface area contributed by atoms with E-state index in [4.69, 9.17) is 5.73 Å². The van der Waals surface area contributed by atoms with Crippen LogP contribution in [0.15, 0.2) is 24.3 Å². The van der Waals surface area contributed by atoms with E-state index in [9.17, 15) is 9.59 Å². The summed E-state index contributed by atoms with van der Waals surface area (Å²) < 4.78 is 0. The number of anilines is 1. The Morgan fingerprint density at radius 1 is 1.04 bits per heavy atom. The van der Waals surface area contributed by atoms with Crippen LogP contribution in [0.5, 0.6) is 0 Å². The van der Waals surface area contributed by atoms with Gasteiger partial charge in [0.1, 0.15) is 0 Å². The van der Waals surface area contributed by atoms with E-state index in [1.807, 2.05) is 26.8 Å². The summed E-state index contributed by atoms with van der Waals surface area (Å²) in [6.45, 7) is 6.47. The second-order valence-corrected chi connectivity index (χ2v) is 6.75. The number of carbonyl (C=O) groups is 2. The van der Waals surface area contributed by atoms with Gasteiger partial charge in [0, 0.05) is 12.0 Å². The van der Waals surface area contributed by atoms with Crippen molar-refractivity contribution in [3.05, 3.63) is 29.8 Å². The number of halogens is 1. The highest BCUT2D eigenvalue weighted by Crippen LogP contribution is 2.17. The van der Waals surface area contributed by atoms with Gasteiger partial charge in [-0.3, -0.25) is 9.59 Å². The molecule has 136 valence electrons. The van der Waals surface area contributed by atoms with Crippen molar-refractivity contribution in [3.8, 4) is 0 Å². The first-order chi connectivity index (χ1) is 10.8. The molecular formula is C18H30ClN3O2. The van der Waals surface area contributed by atoms with E-state index < -0.39 is 0 Å². The van der Waals surface area contributed by atoms with Crippen LogP contribution in [0.25, 0.3) is 0 Å². The molecule has 24 heavy (non-hydrogen) atoms. The highest BCUT2D eigenvalue weighted by atomic mass is 35.5. The molecule has 2 amide bonds. The molecule has 0 saturated carbocycles. The van der Waals surface area contributed by atoms with Gasteiger partial charge in [0.15, 0.2) is 0 Å². The van der Waals surface area contributed by atoms with Crippen LogP contribution in [0.4, 0.5) is 5.69 Å². The zero-order valence-electron chi connectivity index (χ0n) is 14.9. The molecule has 4 N–H and O–H groups in total. The van der Waals surface area contributed by atoms with Crippen LogP contribution >= 0.6 is 12.4 Å². The molecule has 0 heterocycles.